The molecule has 0 aliphatic carbocycles. The summed E-state index contributed by atoms with van der Waals surface area (Å²) >= 11 is 0. The minimum atomic E-state index is -3.42. The van der Waals surface area contributed by atoms with Crippen LogP contribution in [0.1, 0.15) is 5.56 Å². The van der Waals surface area contributed by atoms with E-state index in [1.807, 2.05) is 12.1 Å². The zero-order chi connectivity index (χ0) is 16.8. The summed E-state index contributed by atoms with van der Waals surface area (Å²) in [6.45, 7) is 2.39. The van der Waals surface area contributed by atoms with E-state index in [9.17, 15) is 8.42 Å². The number of anilines is 1. The van der Waals surface area contributed by atoms with Crippen molar-refractivity contribution in [2.24, 2.45) is 0 Å². The quantitative estimate of drug-likeness (QED) is 0.843. The van der Waals surface area contributed by atoms with Gasteiger partial charge in [-0.05, 0) is 30.2 Å². The highest BCUT2D eigenvalue weighted by atomic mass is 32.2. The normalized spacial score (nSPS) is 16.0. The maximum Gasteiger partial charge on any atom is 0.243 e. The second-order valence-electron chi connectivity index (χ2n) is 5.41. The number of sulfonamides is 1. The van der Waals surface area contributed by atoms with Gasteiger partial charge < -0.3 is 10.1 Å². The molecule has 3 rings (SSSR count). The summed E-state index contributed by atoms with van der Waals surface area (Å²) < 4.78 is 31.8. The number of hydrogen-bond acceptors (Lipinski definition) is 6. The lowest BCUT2D eigenvalue weighted by Crippen LogP contribution is -2.40. The molecule has 0 spiro atoms. The fraction of sp³-hybridized carbons (Fsp3) is 0.375. The summed E-state index contributed by atoms with van der Waals surface area (Å²) in [7, 11) is -3.42. The highest BCUT2D eigenvalue weighted by molar-refractivity contribution is 7.89. The summed E-state index contributed by atoms with van der Waals surface area (Å²) in [5.74, 6) is 0.587. The molecular weight excluding hydrogens is 328 g/mol. The van der Waals surface area contributed by atoms with Gasteiger partial charge in [-0.3, -0.25) is 0 Å². The summed E-state index contributed by atoms with van der Waals surface area (Å²) in [5.41, 5.74) is 1.05. The first kappa shape index (κ1) is 16.8. The number of nitrogens with zero attached hydrogens (tertiary/aromatic N) is 3. The van der Waals surface area contributed by atoms with Crippen LogP contribution in [0.3, 0.4) is 0 Å². The van der Waals surface area contributed by atoms with Gasteiger partial charge in [0.2, 0.25) is 16.0 Å². The molecule has 1 aromatic carbocycles. The standard InChI is InChI=1S/C16H20N4O3S/c21-24(22,20-10-12-23-13-11-20)15-4-2-14(3-5-15)6-9-19-16-17-7-1-8-18-16/h1-5,7-8H,6,9-13H2,(H,17,18,19). The van der Waals surface area contributed by atoms with Crippen LogP contribution < -0.4 is 5.32 Å². The van der Waals surface area contributed by atoms with Gasteiger partial charge in [0, 0.05) is 32.0 Å². The van der Waals surface area contributed by atoms with E-state index in [-0.39, 0.29) is 0 Å². The molecule has 1 saturated heterocycles. The number of nitrogens with one attached hydrogen (secondary N) is 1. The second kappa shape index (κ2) is 7.69. The Bertz CT molecular complexity index is 745. The Balaban J connectivity index is 1.58. The van der Waals surface area contributed by atoms with Crippen LogP contribution in [0.25, 0.3) is 0 Å². The van der Waals surface area contributed by atoms with Gasteiger partial charge in [0.05, 0.1) is 18.1 Å². The van der Waals surface area contributed by atoms with Crippen molar-refractivity contribution in [3.05, 3.63) is 48.3 Å². The zero-order valence-electron chi connectivity index (χ0n) is 13.3. The third kappa shape index (κ3) is 4.08. The smallest absolute Gasteiger partial charge is 0.243 e. The molecule has 0 bridgehead atoms. The molecule has 7 nitrogen and oxygen atoms in total. The van der Waals surface area contributed by atoms with Gasteiger partial charge in [0.25, 0.3) is 0 Å². The molecule has 1 N–H and O–H groups in total. The SMILES string of the molecule is O=S(=O)(c1ccc(CCNc2ncccn2)cc1)N1CCOCC1. The van der Waals surface area contributed by atoms with Crippen LogP contribution in [-0.4, -0.2) is 55.5 Å². The molecule has 1 aliphatic rings. The average Bonchev–Trinajstić information content (AvgIpc) is 2.64. The van der Waals surface area contributed by atoms with Crippen molar-refractivity contribution in [1.82, 2.24) is 14.3 Å². The lowest BCUT2D eigenvalue weighted by atomic mass is 10.1. The van der Waals surface area contributed by atoms with Crippen molar-refractivity contribution in [3.63, 3.8) is 0 Å². The maximum atomic E-state index is 12.5. The molecule has 2 heterocycles. The first-order valence-electron chi connectivity index (χ1n) is 7.84. The highest BCUT2D eigenvalue weighted by Gasteiger charge is 2.25. The van der Waals surface area contributed by atoms with Crippen LogP contribution in [0.15, 0.2) is 47.6 Å². The predicted octanol–water partition coefficient (Wildman–Crippen LogP) is 1.15. The van der Waals surface area contributed by atoms with E-state index in [1.165, 1.54) is 4.31 Å². The molecule has 0 unspecified atom stereocenters. The third-order valence-electron chi connectivity index (χ3n) is 3.79. The maximum absolute atomic E-state index is 12.5. The molecular formula is C16H20N4O3S. The van der Waals surface area contributed by atoms with Gasteiger partial charge in [-0.25, -0.2) is 18.4 Å². The van der Waals surface area contributed by atoms with Gasteiger partial charge in [-0.2, -0.15) is 4.31 Å². The fourth-order valence-corrected chi connectivity index (χ4v) is 3.88. The minimum absolute atomic E-state index is 0.326. The van der Waals surface area contributed by atoms with E-state index >= 15 is 0 Å². The van der Waals surface area contributed by atoms with Gasteiger partial charge in [0.1, 0.15) is 0 Å². The molecule has 8 heteroatoms. The van der Waals surface area contributed by atoms with E-state index in [4.69, 9.17) is 4.74 Å². The van der Waals surface area contributed by atoms with Crippen LogP contribution in [0.4, 0.5) is 5.95 Å². The van der Waals surface area contributed by atoms with E-state index < -0.39 is 10.0 Å². The molecule has 24 heavy (non-hydrogen) atoms. The Morgan fingerprint density at radius 1 is 1.08 bits per heavy atom. The summed E-state index contributed by atoms with van der Waals surface area (Å²) in [6, 6.07) is 8.79. The average molecular weight is 348 g/mol. The Labute approximate surface area is 141 Å². The highest BCUT2D eigenvalue weighted by Crippen LogP contribution is 2.17. The molecule has 1 aromatic heterocycles. The first-order valence-corrected chi connectivity index (χ1v) is 9.28. The molecule has 0 saturated carbocycles. The van der Waals surface area contributed by atoms with Gasteiger partial charge >= 0.3 is 0 Å². The van der Waals surface area contributed by atoms with Crippen molar-refractivity contribution >= 4 is 16.0 Å². The van der Waals surface area contributed by atoms with Crippen molar-refractivity contribution in [1.29, 1.82) is 0 Å². The summed E-state index contributed by atoms with van der Waals surface area (Å²) in [4.78, 5) is 8.51. The molecule has 0 radical (unpaired) electrons. The van der Waals surface area contributed by atoms with Crippen molar-refractivity contribution in [2.45, 2.75) is 11.3 Å². The second-order valence-corrected chi connectivity index (χ2v) is 7.35. The monoisotopic (exact) mass is 348 g/mol. The van der Waals surface area contributed by atoms with E-state index in [0.717, 1.165) is 12.0 Å². The number of rotatable bonds is 6. The predicted molar refractivity (Wildman–Crippen MR) is 90.2 cm³/mol. The largest absolute Gasteiger partial charge is 0.379 e. The zero-order valence-corrected chi connectivity index (χ0v) is 14.1. The van der Waals surface area contributed by atoms with E-state index in [1.54, 1.807) is 30.6 Å². The molecule has 1 fully saturated rings. The molecule has 2 aromatic rings. The summed E-state index contributed by atoms with van der Waals surface area (Å²) in [6.07, 6.45) is 4.12. The van der Waals surface area contributed by atoms with E-state index in [0.29, 0.717) is 43.7 Å². The van der Waals surface area contributed by atoms with Crippen LogP contribution in [0.5, 0.6) is 0 Å². The Morgan fingerprint density at radius 3 is 2.42 bits per heavy atom. The molecule has 1 aliphatic heterocycles. The fourth-order valence-electron chi connectivity index (χ4n) is 2.47. The molecule has 0 atom stereocenters. The van der Waals surface area contributed by atoms with Crippen molar-refractivity contribution in [3.8, 4) is 0 Å². The first-order chi connectivity index (χ1) is 11.7. The molecule has 0 amide bonds. The Kier molecular flexibility index (Phi) is 5.39. The van der Waals surface area contributed by atoms with Crippen LogP contribution >= 0.6 is 0 Å². The molecule has 128 valence electrons. The number of ether oxygens (including phenoxy) is 1. The van der Waals surface area contributed by atoms with Crippen molar-refractivity contribution < 1.29 is 13.2 Å². The Hall–Kier alpha value is -2.03. The topological polar surface area (TPSA) is 84.4 Å². The number of hydrogen-bond donors (Lipinski definition) is 1. The van der Waals surface area contributed by atoms with E-state index in [2.05, 4.69) is 15.3 Å². The van der Waals surface area contributed by atoms with Gasteiger partial charge in [-0.15, -0.1) is 0 Å². The lowest BCUT2D eigenvalue weighted by Gasteiger charge is -2.26. The Morgan fingerprint density at radius 2 is 1.75 bits per heavy atom. The number of morpholine rings is 1. The lowest BCUT2D eigenvalue weighted by molar-refractivity contribution is 0.0730. The van der Waals surface area contributed by atoms with Crippen molar-refractivity contribution in [2.75, 3.05) is 38.2 Å². The van der Waals surface area contributed by atoms with Gasteiger partial charge in [-0.1, -0.05) is 12.1 Å². The van der Waals surface area contributed by atoms with Crippen LogP contribution in [-0.2, 0) is 21.2 Å². The number of aromatic nitrogens is 2. The van der Waals surface area contributed by atoms with Gasteiger partial charge in [0.15, 0.2) is 0 Å². The van der Waals surface area contributed by atoms with Crippen LogP contribution in [0.2, 0.25) is 0 Å². The van der Waals surface area contributed by atoms with Crippen LogP contribution in [0, 0.1) is 0 Å². The minimum Gasteiger partial charge on any atom is -0.379 e. The third-order valence-corrected chi connectivity index (χ3v) is 5.71. The number of benzene rings is 1. The summed E-state index contributed by atoms with van der Waals surface area (Å²) in [5, 5.41) is 3.13.